The summed E-state index contributed by atoms with van der Waals surface area (Å²) in [6.45, 7) is 9.51. The molecule has 0 spiro atoms. The van der Waals surface area contributed by atoms with Crippen LogP contribution in [0.2, 0.25) is 0 Å². The molecule has 0 aliphatic carbocycles. The molecule has 1 saturated heterocycles. The zero-order chi connectivity index (χ0) is 20.1. The summed E-state index contributed by atoms with van der Waals surface area (Å²) in [5.74, 6) is 2.51. The van der Waals surface area contributed by atoms with E-state index in [-0.39, 0.29) is 5.41 Å². The number of methoxy groups -OCH3 is 2. The first-order chi connectivity index (χ1) is 13.5. The maximum atomic E-state index is 5.47. The molecule has 0 aromatic heterocycles. The molecule has 1 unspecified atom stereocenters. The molecule has 6 heteroatoms. The van der Waals surface area contributed by atoms with Gasteiger partial charge in [-0.1, -0.05) is 32.1 Å². The number of nitrogens with zero attached hydrogens (tertiary/aromatic N) is 3. The maximum absolute atomic E-state index is 5.47. The fourth-order valence-corrected chi connectivity index (χ4v) is 4.02. The molecule has 1 aromatic rings. The number of hydrogen-bond donors (Lipinski definition) is 1. The zero-order valence-corrected chi connectivity index (χ0v) is 17.9. The van der Waals surface area contributed by atoms with Crippen molar-refractivity contribution in [1.29, 1.82) is 0 Å². The highest BCUT2D eigenvalue weighted by molar-refractivity contribution is 5.80. The van der Waals surface area contributed by atoms with Crippen molar-refractivity contribution in [2.24, 2.45) is 4.99 Å². The minimum atomic E-state index is -0.0759. The molecule has 3 rings (SSSR count). The predicted molar refractivity (Wildman–Crippen MR) is 115 cm³/mol. The van der Waals surface area contributed by atoms with Crippen LogP contribution in [0.3, 0.4) is 0 Å². The number of nitrogens with one attached hydrogen (secondary N) is 1. The van der Waals surface area contributed by atoms with Crippen LogP contribution in [0.15, 0.2) is 35.3 Å². The second-order valence-corrected chi connectivity index (χ2v) is 8.17. The predicted octanol–water partition coefficient (Wildman–Crippen LogP) is 2.50. The standard InChI is InChI=1S/C22H34N4O2/c1-22(2,17-8-9-19(27-4)20(14-17)28-5)16-24-21(23-3)26-13-10-18(15-26)25-11-6-7-12-25/h6-9,14,18H,10-13,15-16H2,1-5H3,(H,23,24). The molecule has 1 N–H and O–H groups in total. The molecule has 6 nitrogen and oxygen atoms in total. The summed E-state index contributed by atoms with van der Waals surface area (Å²) < 4.78 is 10.8. The molecule has 1 fully saturated rings. The lowest BCUT2D eigenvalue weighted by molar-refractivity contribution is 0.259. The van der Waals surface area contributed by atoms with Crippen molar-refractivity contribution in [3.05, 3.63) is 35.9 Å². The minimum absolute atomic E-state index is 0.0759. The van der Waals surface area contributed by atoms with Crippen molar-refractivity contribution in [2.45, 2.75) is 31.7 Å². The highest BCUT2D eigenvalue weighted by Gasteiger charge is 2.30. The number of guanidine groups is 1. The maximum Gasteiger partial charge on any atom is 0.193 e. The third kappa shape index (κ3) is 4.43. The Morgan fingerprint density at radius 1 is 1.18 bits per heavy atom. The van der Waals surface area contributed by atoms with E-state index in [1.807, 2.05) is 13.1 Å². The summed E-state index contributed by atoms with van der Waals surface area (Å²) in [5, 5.41) is 3.60. The van der Waals surface area contributed by atoms with Gasteiger partial charge in [-0.25, -0.2) is 0 Å². The van der Waals surface area contributed by atoms with Crippen molar-refractivity contribution in [1.82, 2.24) is 15.1 Å². The first kappa shape index (κ1) is 20.5. The van der Waals surface area contributed by atoms with Crippen LogP contribution < -0.4 is 14.8 Å². The van der Waals surface area contributed by atoms with Gasteiger partial charge in [0.1, 0.15) is 0 Å². The van der Waals surface area contributed by atoms with E-state index in [1.54, 1.807) is 14.2 Å². The zero-order valence-electron chi connectivity index (χ0n) is 17.9. The molecule has 0 bridgehead atoms. The molecule has 2 aliphatic rings. The lowest BCUT2D eigenvalue weighted by atomic mass is 9.84. The molecule has 0 saturated carbocycles. The van der Waals surface area contributed by atoms with Gasteiger partial charge in [0.15, 0.2) is 17.5 Å². The van der Waals surface area contributed by atoms with Gasteiger partial charge in [0.05, 0.1) is 14.2 Å². The highest BCUT2D eigenvalue weighted by atomic mass is 16.5. The lowest BCUT2D eigenvalue weighted by Crippen LogP contribution is -2.46. The van der Waals surface area contributed by atoms with Crippen molar-refractivity contribution in [3.8, 4) is 11.5 Å². The van der Waals surface area contributed by atoms with Crippen LogP contribution in [0, 0.1) is 0 Å². The lowest BCUT2D eigenvalue weighted by Gasteiger charge is -2.30. The Morgan fingerprint density at radius 3 is 2.54 bits per heavy atom. The van der Waals surface area contributed by atoms with Crippen LogP contribution in [0.4, 0.5) is 0 Å². The summed E-state index contributed by atoms with van der Waals surface area (Å²) in [5.41, 5.74) is 1.13. The molecule has 154 valence electrons. The van der Waals surface area contributed by atoms with Gasteiger partial charge >= 0.3 is 0 Å². The number of benzene rings is 1. The molecule has 0 radical (unpaired) electrons. The Bertz CT molecular complexity index is 721. The highest BCUT2D eigenvalue weighted by Crippen LogP contribution is 2.33. The van der Waals surface area contributed by atoms with E-state index in [0.717, 1.165) is 50.2 Å². The first-order valence-corrected chi connectivity index (χ1v) is 10.1. The van der Waals surface area contributed by atoms with E-state index in [2.05, 4.69) is 58.2 Å². The number of likely N-dealkylation sites (tertiary alicyclic amines) is 1. The molecular formula is C22H34N4O2. The van der Waals surface area contributed by atoms with Crippen LogP contribution in [0.1, 0.15) is 25.8 Å². The van der Waals surface area contributed by atoms with Gasteiger partial charge in [0, 0.05) is 51.2 Å². The van der Waals surface area contributed by atoms with Gasteiger partial charge in [-0.05, 0) is 24.1 Å². The van der Waals surface area contributed by atoms with Crippen molar-refractivity contribution < 1.29 is 9.47 Å². The van der Waals surface area contributed by atoms with Gasteiger partial charge in [0.2, 0.25) is 0 Å². The van der Waals surface area contributed by atoms with E-state index in [1.165, 1.54) is 12.0 Å². The summed E-state index contributed by atoms with van der Waals surface area (Å²) >= 11 is 0. The van der Waals surface area contributed by atoms with E-state index in [9.17, 15) is 0 Å². The van der Waals surface area contributed by atoms with Crippen LogP contribution in [-0.4, -0.2) is 75.8 Å². The Kier molecular flexibility index (Phi) is 6.50. The number of ether oxygens (including phenoxy) is 2. The minimum Gasteiger partial charge on any atom is -0.493 e. The van der Waals surface area contributed by atoms with Crippen molar-refractivity contribution >= 4 is 5.96 Å². The summed E-state index contributed by atoms with van der Waals surface area (Å²) in [6.07, 6.45) is 5.73. The molecule has 1 aromatic carbocycles. The number of hydrogen-bond acceptors (Lipinski definition) is 4. The topological polar surface area (TPSA) is 49.3 Å². The second kappa shape index (κ2) is 8.86. The Labute approximate surface area is 169 Å². The fourth-order valence-electron chi connectivity index (χ4n) is 4.02. The van der Waals surface area contributed by atoms with Crippen LogP contribution in [0.25, 0.3) is 0 Å². The fraction of sp³-hybridized carbons (Fsp3) is 0.591. The monoisotopic (exact) mass is 386 g/mol. The van der Waals surface area contributed by atoms with Crippen LogP contribution >= 0.6 is 0 Å². The Balaban J connectivity index is 1.61. The van der Waals surface area contributed by atoms with Gasteiger partial charge in [0.25, 0.3) is 0 Å². The number of rotatable bonds is 6. The SMILES string of the molecule is CN=C(NCC(C)(C)c1ccc(OC)c(OC)c1)N1CCC(N2CC=CC2)C1. The van der Waals surface area contributed by atoms with E-state index >= 15 is 0 Å². The molecule has 1 atom stereocenters. The van der Waals surface area contributed by atoms with E-state index in [4.69, 9.17) is 9.47 Å². The molecule has 2 aliphatic heterocycles. The second-order valence-electron chi connectivity index (χ2n) is 8.17. The largest absolute Gasteiger partial charge is 0.493 e. The van der Waals surface area contributed by atoms with Crippen molar-refractivity contribution in [3.63, 3.8) is 0 Å². The van der Waals surface area contributed by atoms with Gasteiger partial charge in [-0.3, -0.25) is 9.89 Å². The van der Waals surface area contributed by atoms with Crippen LogP contribution in [-0.2, 0) is 5.41 Å². The van der Waals surface area contributed by atoms with Crippen LogP contribution in [0.5, 0.6) is 11.5 Å². The van der Waals surface area contributed by atoms with E-state index in [0.29, 0.717) is 6.04 Å². The molecule has 2 heterocycles. The molecule has 28 heavy (non-hydrogen) atoms. The summed E-state index contributed by atoms with van der Waals surface area (Å²) in [7, 11) is 5.21. The third-order valence-electron chi connectivity index (χ3n) is 5.89. The Hall–Kier alpha value is -2.21. The van der Waals surface area contributed by atoms with Crippen molar-refractivity contribution in [2.75, 3.05) is 54.0 Å². The van der Waals surface area contributed by atoms with E-state index < -0.39 is 0 Å². The first-order valence-electron chi connectivity index (χ1n) is 10.1. The normalized spacial score (nSPS) is 20.7. The molecule has 0 amide bonds. The summed E-state index contributed by atoms with van der Waals surface area (Å²) in [6, 6.07) is 6.76. The average molecular weight is 387 g/mol. The quantitative estimate of drug-likeness (QED) is 0.462. The Morgan fingerprint density at radius 2 is 1.89 bits per heavy atom. The summed E-state index contributed by atoms with van der Waals surface area (Å²) in [4.78, 5) is 9.47. The average Bonchev–Trinajstić information content (AvgIpc) is 3.39. The molecular weight excluding hydrogens is 352 g/mol. The smallest absolute Gasteiger partial charge is 0.193 e. The van der Waals surface area contributed by atoms with Gasteiger partial charge < -0.3 is 19.7 Å². The van der Waals surface area contributed by atoms with Gasteiger partial charge in [-0.2, -0.15) is 0 Å². The number of aliphatic imine (C=N–C) groups is 1. The third-order valence-corrected chi connectivity index (χ3v) is 5.89. The van der Waals surface area contributed by atoms with Gasteiger partial charge in [-0.15, -0.1) is 0 Å².